The van der Waals surface area contributed by atoms with Crippen LogP contribution in [0.5, 0.6) is 11.6 Å². The molecule has 1 aromatic heterocycles. The molecule has 1 saturated carbocycles. The first kappa shape index (κ1) is 24.4. The molecule has 37 heavy (non-hydrogen) atoms. The van der Waals surface area contributed by atoms with Crippen molar-refractivity contribution in [2.24, 2.45) is 11.8 Å². The summed E-state index contributed by atoms with van der Waals surface area (Å²) in [6.07, 6.45) is 1.47. The predicted octanol–water partition coefficient (Wildman–Crippen LogP) is 6.20. The fraction of sp³-hybridized carbons (Fsp3) is 0.433. The highest BCUT2D eigenvalue weighted by atomic mass is 32.2. The summed E-state index contributed by atoms with van der Waals surface area (Å²) in [7, 11) is -2.94. The minimum atomic E-state index is -2.94. The van der Waals surface area contributed by atoms with Crippen LogP contribution in [-0.4, -0.2) is 31.0 Å². The second kappa shape index (κ2) is 9.12. The van der Waals surface area contributed by atoms with Crippen LogP contribution in [-0.2, 0) is 16.3 Å². The molecule has 7 heteroatoms. The summed E-state index contributed by atoms with van der Waals surface area (Å²) in [5.41, 5.74) is 5.82. The maximum atomic E-state index is 14.9. The van der Waals surface area contributed by atoms with Gasteiger partial charge in [0.15, 0.2) is 9.84 Å². The zero-order chi connectivity index (χ0) is 25.9. The Bertz CT molecular complexity index is 1460. The lowest BCUT2D eigenvalue weighted by Crippen LogP contribution is -2.30. The van der Waals surface area contributed by atoms with Gasteiger partial charge >= 0.3 is 0 Å². The minimum Gasteiger partial charge on any atom is -0.486 e. The quantitative estimate of drug-likeness (QED) is 0.387. The number of nitrogens with zero attached hydrogens (tertiary/aromatic N) is 1. The lowest BCUT2D eigenvalue weighted by atomic mass is 9.99. The summed E-state index contributed by atoms with van der Waals surface area (Å²) in [5, 5.41) is 0. The first-order chi connectivity index (χ1) is 17.7. The van der Waals surface area contributed by atoms with Crippen molar-refractivity contribution in [1.82, 2.24) is 4.98 Å². The molecular formula is C30H32FNO4S. The molecule has 3 aromatic rings. The predicted molar refractivity (Wildman–Crippen MR) is 141 cm³/mol. The summed E-state index contributed by atoms with van der Waals surface area (Å²) >= 11 is 0. The molecule has 1 saturated heterocycles. The number of hydrogen-bond donors (Lipinski definition) is 0. The second-order valence-corrected chi connectivity index (χ2v) is 13.2. The van der Waals surface area contributed by atoms with Crippen molar-refractivity contribution < 1.29 is 22.3 Å². The molecular weight excluding hydrogens is 489 g/mol. The van der Waals surface area contributed by atoms with E-state index in [4.69, 9.17) is 9.47 Å². The summed E-state index contributed by atoms with van der Waals surface area (Å²) in [4.78, 5) is 4.60. The van der Waals surface area contributed by atoms with E-state index in [9.17, 15) is 12.8 Å². The molecule has 0 radical (unpaired) electrons. The number of aryl methyl sites for hydroxylation is 1. The third kappa shape index (κ3) is 4.74. The maximum absolute atomic E-state index is 14.9. The van der Waals surface area contributed by atoms with E-state index in [0.717, 1.165) is 40.8 Å². The van der Waals surface area contributed by atoms with Gasteiger partial charge in [-0.15, -0.1) is 0 Å². The first-order valence-electron chi connectivity index (χ1n) is 13.1. The molecule has 2 aliphatic carbocycles. The van der Waals surface area contributed by atoms with Crippen LogP contribution in [0.1, 0.15) is 61.1 Å². The van der Waals surface area contributed by atoms with Gasteiger partial charge in [-0.2, -0.15) is 0 Å². The molecule has 0 bridgehead atoms. The SMILES string of the molecule is Cc1nc(OC2CCS(=O)(=O)CC2)ccc1-c1ccc(F)c(C(C)Oc2ccc3c(c2)C[C@H]2[C@H](C)[C@@H]32)c1. The van der Waals surface area contributed by atoms with Crippen LogP contribution in [0, 0.1) is 24.6 Å². The Morgan fingerprint density at radius 3 is 2.59 bits per heavy atom. The smallest absolute Gasteiger partial charge is 0.213 e. The molecule has 3 aliphatic rings. The monoisotopic (exact) mass is 521 g/mol. The van der Waals surface area contributed by atoms with Gasteiger partial charge in [-0.25, -0.2) is 17.8 Å². The average molecular weight is 522 g/mol. The van der Waals surface area contributed by atoms with E-state index in [1.807, 2.05) is 32.0 Å². The van der Waals surface area contributed by atoms with E-state index in [-0.39, 0.29) is 23.4 Å². The van der Waals surface area contributed by atoms with E-state index < -0.39 is 15.9 Å². The molecule has 0 N–H and O–H groups in total. The van der Waals surface area contributed by atoms with Crippen molar-refractivity contribution in [3.05, 3.63) is 76.7 Å². The van der Waals surface area contributed by atoms with Gasteiger partial charge in [-0.3, -0.25) is 0 Å². The number of benzene rings is 2. The van der Waals surface area contributed by atoms with Crippen molar-refractivity contribution in [3.8, 4) is 22.8 Å². The van der Waals surface area contributed by atoms with Crippen LogP contribution in [0.25, 0.3) is 11.1 Å². The number of aromatic nitrogens is 1. The Morgan fingerprint density at radius 2 is 1.84 bits per heavy atom. The van der Waals surface area contributed by atoms with E-state index in [1.165, 1.54) is 17.2 Å². The van der Waals surface area contributed by atoms with Gasteiger partial charge in [-0.1, -0.05) is 19.1 Å². The molecule has 2 aromatic carbocycles. The lowest BCUT2D eigenvalue weighted by Gasteiger charge is -2.23. The topological polar surface area (TPSA) is 65.5 Å². The van der Waals surface area contributed by atoms with Gasteiger partial charge in [0.1, 0.15) is 23.8 Å². The van der Waals surface area contributed by atoms with E-state index in [2.05, 4.69) is 24.0 Å². The third-order valence-corrected chi connectivity index (χ3v) is 10.1. The Hall–Kier alpha value is -2.93. The van der Waals surface area contributed by atoms with Gasteiger partial charge in [0.2, 0.25) is 5.88 Å². The summed E-state index contributed by atoms with van der Waals surface area (Å²) in [5.74, 6) is 3.54. The summed E-state index contributed by atoms with van der Waals surface area (Å²) in [6.45, 7) is 6.09. The van der Waals surface area contributed by atoms with Gasteiger partial charge < -0.3 is 9.47 Å². The molecule has 4 atom stereocenters. The number of rotatable bonds is 6. The number of ether oxygens (including phenoxy) is 2. The van der Waals surface area contributed by atoms with Gasteiger partial charge in [-0.05, 0) is 97.9 Å². The molecule has 1 unspecified atom stereocenters. The van der Waals surface area contributed by atoms with Gasteiger partial charge in [0.25, 0.3) is 0 Å². The normalized spacial score (nSPS) is 24.7. The second-order valence-electron chi connectivity index (χ2n) is 10.9. The van der Waals surface area contributed by atoms with Crippen LogP contribution in [0.3, 0.4) is 0 Å². The van der Waals surface area contributed by atoms with Gasteiger partial charge in [0, 0.05) is 22.9 Å². The lowest BCUT2D eigenvalue weighted by molar-refractivity contribution is 0.181. The van der Waals surface area contributed by atoms with Crippen molar-refractivity contribution in [2.75, 3.05) is 11.5 Å². The van der Waals surface area contributed by atoms with Crippen molar-refractivity contribution >= 4 is 9.84 Å². The number of sulfone groups is 1. The Labute approximate surface area is 218 Å². The number of fused-ring (bicyclic) bond motifs is 3. The molecule has 2 heterocycles. The standard InChI is InChI=1S/C30H32FNO4S/c1-17-26-16-21-14-23(5-6-25(21)30(17)26)35-19(3)27-15-20(4-8-28(27)31)24-7-9-29(32-18(24)2)36-22-10-12-37(33,34)13-11-22/h4-9,14-15,17,19,22,26,30H,10-13,16H2,1-3H3/t17-,19?,26-,30-/m0/s1. The van der Waals surface area contributed by atoms with Crippen LogP contribution >= 0.6 is 0 Å². The fourth-order valence-electron chi connectivity index (χ4n) is 6.14. The Balaban J connectivity index is 1.17. The molecule has 6 rings (SSSR count). The van der Waals surface area contributed by atoms with E-state index in [1.54, 1.807) is 12.1 Å². The van der Waals surface area contributed by atoms with Crippen molar-refractivity contribution in [2.45, 2.75) is 58.2 Å². The van der Waals surface area contributed by atoms with Crippen LogP contribution in [0.2, 0.25) is 0 Å². The highest BCUT2D eigenvalue weighted by Crippen LogP contribution is 2.61. The fourth-order valence-corrected chi connectivity index (χ4v) is 7.59. The Morgan fingerprint density at radius 1 is 1.05 bits per heavy atom. The first-order valence-corrected chi connectivity index (χ1v) is 14.9. The minimum absolute atomic E-state index is 0.148. The average Bonchev–Trinajstić information content (AvgIpc) is 3.31. The van der Waals surface area contributed by atoms with E-state index in [0.29, 0.717) is 30.2 Å². The number of pyridine rings is 1. The summed E-state index contributed by atoms with van der Waals surface area (Å²) in [6, 6.07) is 15.1. The zero-order valence-corrected chi connectivity index (χ0v) is 22.2. The van der Waals surface area contributed by atoms with Crippen molar-refractivity contribution in [1.29, 1.82) is 0 Å². The molecule has 2 fully saturated rings. The van der Waals surface area contributed by atoms with Crippen molar-refractivity contribution in [3.63, 3.8) is 0 Å². The maximum Gasteiger partial charge on any atom is 0.213 e. The number of hydrogen-bond acceptors (Lipinski definition) is 5. The van der Waals surface area contributed by atoms with Crippen LogP contribution in [0.4, 0.5) is 4.39 Å². The highest BCUT2D eigenvalue weighted by molar-refractivity contribution is 7.91. The molecule has 194 valence electrons. The Kier molecular flexibility index (Phi) is 6.02. The number of halogens is 1. The van der Waals surface area contributed by atoms with E-state index >= 15 is 0 Å². The third-order valence-electron chi connectivity index (χ3n) is 8.40. The van der Waals surface area contributed by atoms with Gasteiger partial charge in [0.05, 0.1) is 11.5 Å². The molecule has 1 aliphatic heterocycles. The molecule has 0 spiro atoms. The zero-order valence-electron chi connectivity index (χ0n) is 21.4. The summed E-state index contributed by atoms with van der Waals surface area (Å²) < 4.78 is 50.4. The van der Waals surface area contributed by atoms with Crippen LogP contribution < -0.4 is 9.47 Å². The largest absolute Gasteiger partial charge is 0.486 e. The molecule has 5 nitrogen and oxygen atoms in total. The van der Waals surface area contributed by atoms with Crippen LogP contribution in [0.15, 0.2) is 48.5 Å². The highest BCUT2D eigenvalue weighted by Gasteiger charge is 2.52. The molecule has 0 amide bonds.